The highest BCUT2D eigenvalue weighted by Crippen LogP contribution is 2.26. The van der Waals surface area contributed by atoms with Crippen LogP contribution >= 0.6 is 12.6 Å². The first-order valence-electron chi connectivity index (χ1n) is 12.1. The van der Waals surface area contributed by atoms with Gasteiger partial charge in [0.1, 0.15) is 23.4 Å². The van der Waals surface area contributed by atoms with Crippen molar-refractivity contribution in [1.29, 1.82) is 0 Å². The Hall–Kier alpha value is -3.24. The summed E-state index contributed by atoms with van der Waals surface area (Å²) in [5.41, 5.74) is 1.37. The number of aliphatic hydroxyl groups excluding tert-OH is 1. The van der Waals surface area contributed by atoms with Crippen molar-refractivity contribution in [3.63, 3.8) is 0 Å². The van der Waals surface area contributed by atoms with Crippen LogP contribution in [-0.2, 0) is 20.7 Å². The summed E-state index contributed by atoms with van der Waals surface area (Å²) in [5.74, 6) is -0.468. The molecule has 2 unspecified atom stereocenters. The largest absolute Gasteiger partial charge is 0.497 e. The lowest BCUT2D eigenvalue weighted by atomic mass is 10.0. The molecule has 2 atom stereocenters. The van der Waals surface area contributed by atoms with E-state index < -0.39 is 42.2 Å². The zero-order chi connectivity index (χ0) is 27.6. The highest BCUT2D eigenvalue weighted by atomic mass is 32.1. The number of anilines is 1. The van der Waals surface area contributed by atoms with E-state index in [0.29, 0.717) is 17.0 Å². The lowest BCUT2D eigenvalue weighted by Gasteiger charge is -2.33. The standard InChI is InChI=1S/C27H37N3O6S/c1-6-18-7-9-19(10-8-18)23(24(32)28-20-11-13-21(35-5)14-12-20)30(15-16-31)25(33)22(17-37)29-26(34)36-27(2,3)4/h7-14,22-23,31,37H,6,15-17H2,1-5H3,(H,28,32)(H,29,34). The highest BCUT2D eigenvalue weighted by Gasteiger charge is 2.35. The van der Waals surface area contributed by atoms with Gasteiger partial charge in [-0.2, -0.15) is 12.6 Å². The van der Waals surface area contributed by atoms with E-state index in [4.69, 9.17) is 9.47 Å². The summed E-state index contributed by atoms with van der Waals surface area (Å²) in [6.07, 6.45) is 0.0273. The quantitative estimate of drug-likeness (QED) is 0.329. The fraction of sp³-hybridized carbons (Fsp3) is 0.444. The number of nitrogens with one attached hydrogen (secondary N) is 2. The number of carbonyl (C=O) groups excluding carboxylic acids is 3. The number of methoxy groups -OCH3 is 1. The Bertz CT molecular complexity index is 1040. The number of nitrogens with zero attached hydrogens (tertiary/aromatic N) is 1. The molecule has 2 rings (SSSR count). The van der Waals surface area contributed by atoms with Crippen LogP contribution in [0.3, 0.4) is 0 Å². The number of rotatable bonds is 11. The Morgan fingerprint density at radius 3 is 2.16 bits per heavy atom. The van der Waals surface area contributed by atoms with E-state index in [2.05, 4.69) is 23.3 Å². The number of aryl methyl sites for hydroxylation is 1. The summed E-state index contributed by atoms with van der Waals surface area (Å²) in [5, 5.41) is 15.2. The Labute approximate surface area is 223 Å². The van der Waals surface area contributed by atoms with Gasteiger partial charge >= 0.3 is 6.09 Å². The van der Waals surface area contributed by atoms with E-state index in [1.807, 2.05) is 19.1 Å². The molecule has 0 aliphatic rings. The average molecular weight is 532 g/mol. The van der Waals surface area contributed by atoms with E-state index >= 15 is 0 Å². The van der Waals surface area contributed by atoms with Crippen molar-refractivity contribution in [3.8, 4) is 5.75 Å². The Kier molecular flexibility index (Phi) is 11.3. The molecule has 2 aromatic rings. The molecule has 0 spiro atoms. The zero-order valence-corrected chi connectivity index (χ0v) is 22.9. The lowest BCUT2D eigenvalue weighted by molar-refractivity contribution is -0.140. The van der Waals surface area contributed by atoms with Gasteiger partial charge in [0.2, 0.25) is 5.91 Å². The monoisotopic (exact) mass is 531 g/mol. The van der Waals surface area contributed by atoms with Crippen molar-refractivity contribution in [2.75, 3.05) is 31.3 Å². The van der Waals surface area contributed by atoms with E-state index in [-0.39, 0.29) is 12.3 Å². The van der Waals surface area contributed by atoms with Crippen molar-refractivity contribution in [2.45, 2.75) is 51.8 Å². The molecule has 0 saturated heterocycles. The summed E-state index contributed by atoms with van der Waals surface area (Å²) < 4.78 is 10.5. The fourth-order valence-electron chi connectivity index (χ4n) is 3.60. The molecule has 37 heavy (non-hydrogen) atoms. The van der Waals surface area contributed by atoms with Gasteiger partial charge in [-0.1, -0.05) is 31.2 Å². The van der Waals surface area contributed by atoms with Gasteiger partial charge in [0.25, 0.3) is 5.91 Å². The number of carbonyl (C=O) groups is 3. The van der Waals surface area contributed by atoms with Crippen molar-refractivity contribution >= 4 is 36.2 Å². The smallest absolute Gasteiger partial charge is 0.408 e. The number of benzene rings is 2. The molecule has 2 aromatic carbocycles. The van der Waals surface area contributed by atoms with Crippen LogP contribution in [0.25, 0.3) is 0 Å². The predicted molar refractivity (Wildman–Crippen MR) is 146 cm³/mol. The molecule has 202 valence electrons. The van der Waals surface area contributed by atoms with Gasteiger partial charge in [-0.25, -0.2) is 4.79 Å². The first-order chi connectivity index (χ1) is 17.5. The molecule has 0 aromatic heterocycles. The number of hydrogen-bond donors (Lipinski definition) is 4. The summed E-state index contributed by atoms with van der Waals surface area (Å²) in [6.45, 7) is 6.61. The molecule has 10 heteroatoms. The minimum Gasteiger partial charge on any atom is -0.497 e. The molecule has 3 N–H and O–H groups in total. The zero-order valence-electron chi connectivity index (χ0n) is 22.0. The molecular formula is C27H37N3O6S. The summed E-state index contributed by atoms with van der Waals surface area (Å²) >= 11 is 4.24. The minimum atomic E-state index is -1.09. The molecule has 9 nitrogen and oxygen atoms in total. The van der Waals surface area contributed by atoms with Crippen LogP contribution < -0.4 is 15.4 Å². The Morgan fingerprint density at radius 1 is 1.05 bits per heavy atom. The lowest BCUT2D eigenvalue weighted by Crippen LogP contribution is -2.53. The molecule has 0 fully saturated rings. The average Bonchev–Trinajstić information content (AvgIpc) is 2.86. The van der Waals surface area contributed by atoms with Crippen LogP contribution in [0, 0.1) is 0 Å². The molecule has 0 saturated carbocycles. The second-order valence-electron chi connectivity index (χ2n) is 9.35. The number of amides is 3. The van der Waals surface area contributed by atoms with Gasteiger partial charge in [-0.05, 0) is 62.6 Å². The van der Waals surface area contributed by atoms with Crippen LogP contribution in [0.4, 0.5) is 10.5 Å². The minimum absolute atomic E-state index is 0.0401. The fourth-order valence-corrected chi connectivity index (χ4v) is 3.85. The molecule has 0 radical (unpaired) electrons. The maximum atomic E-state index is 13.6. The number of ether oxygens (including phenoxy) is 2. The molecular weight excluding hydrogens is 494 g/mol. The van der Waals surface area contributed by atoms with Crippen LogP contribution in [0.1, 0.15) is 44.9 Å². The van der Waals surface area contributed by atoms with Crippen molar-refractivity contribution in [2.24, 2.45) is 0 Å². The van der Waals surface area contributed by atoms with Crippen molar-refractivity contribution in [1.82, 2.24) is 10.2 Å². The molecule has 0 heterocycles. The van der Waals surface area contributed by atoms with Gasteiger partial charge in [0.05, 0.1) is 13.7 Å². The number of thiol groups is 1. The van der Waals surface area contributed by atoms with E-state index in [1.165, 1.54) is 4.90 Å². The highest BCUT2D eigenvalue weighted by molar-refractivity contribution is 7.80. The maximum Gasteiger partial charge on any atom is 0.408 e. The second kappa shape index (κ2) is 13.9. The van der Waals surface area contributed by atoms with Crippen LogP contribution in [-0.4, -0.2) is 65.6 Å². The van der Waals surface area contributed by atoms with Crippen LogP contribution in [0.2, 0.25) is 0 Å². The summed E-state index contributed by atoms with van der Waals surface area (Å²) in [4.78, 5) is 40.9. The van der Waals surface area contributed by atoms with Crippen molar-refractivity contribution in [3.05, 3.63) is 59.7 Å². The molecule has 0 bridgehead atoms. The number of aliphatic hydroxyl groups is 1. The summed E-state index contributed by atoms with van der Waals surface area (Å²) in [6, 6.07) is 12.0. The molecule has 0 aliphatic heterocycles. The van der Waals surface area contributed by atoms with Gasteiger partial charge in [-0.15, -0.1) is 0 Å². The number of hydrogen-bond acceptors (Lipinski definition) is 7. The van der Waals surface area contributed by atoms with Gasteiger partial charge < -0.3 is 30.1 Å². The predicted octanol–water partition coefficient (Wildman–Crippen LogP) is 3.58. The maximum absolute atomic E-state index is 13.6. The Morgan fingerprint density at radius 2 is 1.68 bits per heavy atom. The third-order valence-electron chi connectivity index (χ3n) is 5.42. The topological polar surface area (TPSA) is 117 Å². The third kappa shape index (κ3) is 8.98. The Balaban J connectivity index is 2.42. The third-order valence-corrected chi connectivity index (χ3v) is 5.78. The molecule has 3 amide bonds. The van der Waals surface area contributed by atoms with Crippen molar-refractivity contribution < 1.29 is 29.0 Å². The first-order valence-corrected chi connectivity index (χ1v) is 12.7. The van der Waals surface area contributed by atoms with Crippen LogP contribution in [0.5, 0.6) is 5.75 Å². The van der Waals surface area contributed by atoms with E-state index in [1.54, 1.807) is 64.3 Å². The number of alkyl carbamates (subject to hydrolysis) is 1. The van der Waals surface area contributed by atoms with Gasteiger partial charge in [0, 0.05) is 18.0 Å². The van der Waals surface area contributed by atoms with Crippen LogP contribution in [0.15, 0.2) is 48.5 Å². The van der Waals surface area contributed by atoms with E-state index in [0.717, 1.165) is 12.0 Å². The van der Waals surface area contributed by atoms with E-state index in [9.17, 15) is 19.5 Å². The molecule has 0 aliphatic carbocycles. The second-order valence-corrected chi connectivity index (χ2v) is 9.72. The summed E-state index contributed by atoms with van der Waals surface area (Å²) in [7, 11) is 1.55. The first kappa shape index (κ1) is 30.0. The SMILES string of the molecule is CCc1ccc(C(C(=O)Nc2ccc(OC)cc2)N(CCO)C(=O)C(CS)NC(=O)OC(C)(C)C)cc1. The van der Waals surface area contributed by atoms with Gasteiger partial charge in [0.15, 0.2) is 0 Å². The normalized spacial score (nSPS) is 12.7. The van der Waals surface area contributed by atoms with Gasteiger partial charge in [-0.3, -0.25) is 9.59 Å².